The summed E-state index contributed by atoms with van der Waals surface area (Å²) >= 11 is 0. The van der Waals surface area contributed by atoms with E-state index in [9.17, 15) is 14.4 Å². The van der Waals surface area contributed by atoms with E-state index in [0.29, 0.717) is 16.9 Å². The van der Waals surface area contributed by atoms with Crippen LogP contribution in [-0.2, 0) is 16.0 Å². The predicted molar refractivity (Wildman–Crippen MR) is 76.6 cm³/mol. The van der Waals surface area contributed by atoms with E-state index in [-0.39, 0.29) is 18.1 Å². The first-order valence-corrected chi connectivity index (χ1v) is 6.44. The molecule has 0 aliphatic rings. The summed E-state index contributed by atoms with van der Waals surface area (Å²) in [6, 6.07) is 3.93. The zero-order valence-electron chi connectivity index (χ0n) is 12.5. The Labute approximate surface area is 123 Å². The first-order valence-electron chi connectivity index (χ1n) is 6.44. The van der Waals surface area contributed by atoms with Gasteiger partial charge in [0.25, 0.3) is 0 Å². The maximum absolute atomic E-state index is 12.1. The molecule has 1 unspecified atom stereocenters. The lowest BCUT2D eigenvalue weighted by molar-refractivity contribution is -0.148. The van der Waals surface area contributed by atoms with Crippen LogP contribution in [0.25, 0.3) is 0 Å². The lowest BCUT2D eigenvalue weighted by atomic mass is 10.0. The summed E-state index contributed by atoms with van der Waals surface area (Å²) in [7, 11) is 2.91. The minimum atomic E-state index is -1.07. The first-order chi connectivity index (χ1) is 9.77. The standard InChI is InChI=1S/C15H19NO5/c1-9(15(19)20)16(3)14(18)8-12-7-11(10(2)17)5-6-13(12)21-4/h5-7,9H,8H2,1-4H3,(H,19,20). The third-order valence-electron chi connectivity index (χ3n) is 3.36. The van der Waals surface area contributed by atoms with Crippen molar-refractivity contribution in [2.45, 2.75) is 26.3 Å². The van der Waals surface area contributed by atoms with E-state index < -0.39 is 12.0 Å². The van der Waals surface area contributed by atoms with Crippen molar-refractivity contribution in [3.8, 4) is 5.75 Å². The largest absolute Gasteiger partial charge is 0.496 e. The molecule has 114 valence electrons. The molecule has 6 heteroatoms. The van der Waals surface area contributed by atoms with Crippen molar-refractivity contribution in [3.63, 3.8) is 0 Å². The molecule has 1 N–H and O–H groups in total. The van der Waals surface area contributed by atoms with E-state index in [2.05, 4.69) is 0 Å². The molecule has 0 heterocycles. The molecule has 6 nitrogen and oxygen atoms in total. The normalized spacial score (nSPS) is 11.6. The van der Waals surface area contributed by atoms with Crippen molar-refractivity contribution in [1.29, 1.82) is 0 Å². The number of nitrogens with zero attached hydrogens (tertiary/aromatic N) is 1. The summed E-state index contributed by atoms with van der Waals surface area (Å²) in [6.07, 6.45) is -0.0294. The second kappa shape index (κ2) is 6.88. The van der Waals surface area contributed by atoms with Gasteiger partial charge in [-0.3, -0.25) is 9.59 Å². The number of carbonyl (C=O) groups excluding carboxylic acids is 2. The molecule has 1 rings (SSSR count). The Balaban J connectivity index is 3.00. The van der Waals surface area contributed by atoms with Gasteiger partial charge < -0.3 is 14.7 Å². The number of likely N-dealkylation sites (N-methyl/N-ethyl adjacent to an activating group) is 1. The van der Waals surface area contributed by atoms with Gasteiger partial charge in [-0.05, 0) is 32.0 Å². The minimum Gasteiger partial charge on any atom is -0.496 e. The highest BCUT2D eigenvalue weighted by molar-refractivity contribution is 5.95. The molecule has 0 aliphatic carbocycles. The number of Topliss-reactive ketones (excluding diaryl/α,β-unsaturated/α-hetero) is 1. The van der Waals surface area contributed by atoms with Crippen molar-refractivity contribution in [1.82, 2.24) is 4.90 Å². The number of methoxy groups -OCH3 is 1. The summed E-state index contributed by atoms with van der Waals surface area (Å²) in [5.41, 5.74) is 1.03. The molecule has 1 aromatic rings. The van der Waals surface area contributed by atoms with Crippen molar-refractivity contribution < 1.29 is 24.2 Å². The molecule has 0 aromatic heterocycles. The highest BCUT2D eigenvalue weighted by atomic mass is 16.5. The Morgan fingerprint density at radius 3 is 2.43 bits per heavy atom. The number of ketones is 1. The summed E-state index contributed by atoms with van der Waals surface area (Å²) in [4.78, 5) is 35.6. The SMILES string of the molecule is COc1ccc(C(C)=O)cc1CC(=O)N(C)C(C)C(=O)O. The molecular formula is C15H19NO5. The summed E-state index contributed by atoms with van der Waals surface area (Å²) < 4.78 is 5.17. The van der Waals surface area contributed by atoms with Crippen LogP contribution < -0.4 is 4.74 Å². The first kappa shape index (κ1) is 16.7. The fraction of sp³-hybridized carbons (Fsp3) is 0.400. The van der Waals surface area contributed by atoms with E-state index in [1.54, 1.807) is 18.2 Å². The fourth-order valence-electron chi connectivity index (χ4n) is 1.80. The number of benzene rings is 1. The van der Waals surface area contributed by atoms with Crippen LogP contribution in [0.15, 0.2) is 18.2 Å². The number of hydrogen-bond donors (Lipinski definition) is 1. The molecule has 1 aromatic carbocycles. The van der Waals surface area contributed by atoms with Crippen LogP contribution in [0.5, 0.6) is 5.75 Å². The van der Waals surface area contributed by atoms with Gasteiger partial charge >= 0.3 is 5.97 Å². The summed E-state index contributed by atoms with van der Waals surface area (Å²) in [5.74, 6) is -1.05. The molecule has 21 heavy (non-hydrogen) atoms. The van der Waals surface area contributed by atoms with E-state index in [4.69, 9.17) is 9.84 Å². The van der Waals surface area contributed by atoms with Crippen LogP contribution in [0, 0.1) is 0 Å². The maximum atomic E-state index is 12.1. The number of hydrogen-bond acceptors (Lipinski definition) is 4. The maximum Gasteiger partial charge on any atom is 0.326 e. The van der Waals surface area contributed by atoms with Crippen LogP contribution >= 0.6 is 0 Å². The number of aliphatic carboxylic acids is 1. The van der Waals surface area contributed by atoms with Crippen LogP contribution in [-0.4, -0.2) is 47.9 Å². The Morgan fingerprint density at radius 1 is 1.33 bits per heavy atom. The molecule has 0 radical (unpaired) electrons. The van der Waals surface area contributed by atoms with Crippen LogP contribution in [0.2, 0.25) is 0 Å². The molecule has 0 fully saturated rings. The third kappa shape index (κ3) is 4.05. The lowest BCUT2D eigenvalue weighted by Crippen LogP contribution is -2.41. The Hall–Kier alpha value is -2.37. The van der Waals surface area contributed by atoms with Gasteiger partial charge in [-0.25, -0.2) is 4.79 Å². The average Bonchev–Trinajstić information content (AvgIpc) is 2.45. The quantitative estimate of drug-likeness (QED) is 0.801. The Morgan fingerprint density at radius 2 is 1.95 bits per heavy atom. The minimum absolute atomic E-state index is 0.0294. The van der Waals surface area contributed by atoms with Gasteiger partial charge in [-0.15, -0.1) is 0 Å². The van der Waals surface area contributed by atoms with E-state index in [0.717, 1.165) is 4.90 Å². The van der Waals surface area contributed by atoms with Crippen molar-refractivity contribution >= 4 is 17.7 Å². The fourth-order valence-corrected chi connectivity index (χ4v) is 1.80. The number of ether oxygens (including phenoxy) is 1. The molecule has 0 saturated heterocycles. The molecule has 0 bridgehead atoms. The molecule has 0 saturated carbocycles. The molecule has 1 atom stereocenters. The van der Waals surface area contributed by atoms with Gasteiger partial charge in [0, 0.05) is 18.2 Å². The molecule has 1 amide bonds. The highest BCUT2D eigenvalue weighted by Crippen LogP contribution is 2.21. The number of carboxylic acids is 1. The van der Waals surface area contributed by atoms with Crippen LogP contribution in [0.1, 0.15) is 29.8 Å². The number of carboxylic acid groups (broad SMARTS) is 1. The van der Waals surface area contributed by atoms with Gasteiger partial charge in [0.15, 0.2) is 5.78 Å². The number of amides is 1. The van der Waals surface area contributed by atoms with Crippen molar-refractivity contribution in [2.24, 2.45) is 0 Å². The third-order valence-corrected chi connectivity index (χ3v) is 3.36. The number of carbonyl (C=O) groups is 3. The zero-order valence-corrected chi connectivity index (χ0v) is 12.5. The Kier molecular flexibility index (Phi) is 5.46. The van der Waals surface area contributed by atoms with Crippen LogP contribution in [0.3, 0.4) is 0 Å². The second-order valence-electron chi connectivity index (χ2n) is 4.78. The van der Waals surface area contributed by atoms with Crippen LogP contribution in [0.4, 0.5) is 0 Å². The van der Waals surface area contributed by atoms with E-state index >= 15 is 0 Å². The lowest BCUT2D eigenvalue weighted by Gasteiger charge is -2.22. The Bertz CT molecular complexity index is 567. The molecule has 0 spiro atoms. The van der Waals surface area contributed by atoms with Gasteiger partial charge in [-0.1, -0.05) is 0 Å². The molecule has 0 aliphatic heterocycles. The van der Waals surface area contributed by atoms with Gasteiger partial charge in [0.1, 0.15) is 11.8 Å². The van der Waals surface area contributed by atoms with Gasteiger partial charge in [0.2, 0.25) is 5.91 Å². The second-order valence-corrected chi connectivity index (χ2v) is 4.78. The van der Waals surface area contributed by atoms with Gasteiger partial charge in [-0.2, -0.15) is 0 Å². The summed E-state index contributed by atoms with van der Waals surface area (Å²) in [5, 5.41) is 8.92. The highest BCUT2D eigenvalue weighted by Gasteiger charge is 2.22. The predicted octanol–water partition coefficient (Wildman–Crippen LogP) is 1.37. The van der Waals surface area contributed by atoms with Crippen molar-refractivity contribution in [2.75, 3.05) is 14.2 Å². The van der Waals surface area contributed by atoms with E-state index in [1.165, 1.54) is 28.0 Å². The monoisotopic (exact) mass is 293 g/mol. The van der Waals surface area contributed by atoms with Gasteiger partial charge in [0.05, 0.1) is 13.5 Å². The number of rotatable bonds is 6. The smallest absolute Gasteiger partial charge is 0.326 e. The average molecular weight is 293 g/mol. The summed E-state index contributed by atoms with van der Waals surface area (Å²) in [6.45, 7) is 2.87. The van der Waals surface area contributed by atoms with Crippen molar-refractivity contribution in [3.05, 3.63) is 29.3 Å². The zero-order chi connectivity index (χ0) is 16.2. The topological polar surface area (TPSA) is 83.9 Å². The molecular weight excluding hydrogens is 274 g/mol. The van der Waals surface area contributed by atoms with E-state index in [1.807, 2.05) is 0 Å².